The lowest BCUT2D eigenvalue weighted by Gasteiger charge is -2.37. The molecule has 0 aliphatic carbocycles. The van der Waals surface area contributed by atoms with E-state index in [1.54, 1.807) is 0 Å². The van der Waals surface area contributed by atoms with Crippen molar-refractivity contribution in [3.63, 3.8) is 0 Å². The molecule has 0 radical (unpaired) electrons. The highest BCUT2D eigenvalue weighted by molar-refractivity contribution is 7.89. The Hall–Kier alpha value is -0.740. The topological polar surface area (TPSA) is 88.2 Å². The van der Waals surface area contributed by atoms with Crippen LogP contribution in [0.3, 0.4) is 0 Å². The zero-order valence-corrected chi connectivity index (χ0v) is 17.1. The molecule has 3 fully saturated rings. The number of carbonyl (C=O) groups excluding carboxylic acids is 1. The number of nitrogens with zero attached hydrogens (tertiary/aromatic N) is 2. The maximum Gasteiger partial charge on any atom is 0.238 e. The minimum Gasteiger partial charge on any atom is -0.381 e. The predicted octanol–water partition coefficient (Wildman–Crippen LogP) is 0.0441. The molecular formula is C18H33N3O5S. The summed E-state index contributed by atoms with van der Waals surface area (Å²) in [6.45, 7) is 7.46. The summed E-state index contributed by atoms with van der Waals surface area (Å²) in [4.78, 5) is 15.2. The molecule has 3 saturated heterocycles. The van der Waals surface area contributed by atoms with Crippen LogP contribution in [0.15, 0.2) is 0 Å². The van der Waals surface area contributed by atoms with E-state index in [1.807, 2.05) is 6.92 Å². The Balaban J connectivity index is 1.61. The molecule has 0 bridgehead atoms. The molecule has 1 amide bonds. The smallest absolute Gasteiger partial charge is 0.238 e. The number of rotatable bonds is 8. The summed E-state index contributed by atoms with van der Waals surface area (Å²) in [6, 6.07) is -0.353. The number of ether oxygens (including phenoxy) is 2. The van der Waals surface area contributed by atoms with E-state index in [1.165, 1.54) is 4.31 Å². The van der Waals surface area contributed by atoms with Crippen molar-refractivity contribution in [1.29, 1.82) is 0 Å². The summed E-state index contributed by atoms with van der Waals surface area (Å²) in [5.41, 5.74) is 0. The van der Waals surface area contributed by atoms with Gasteiger partial charge in [-0.2, -0.15) is 4.31 Å². The molecule has 0 spiro atoms. The lowest BCUT2D eigenvalue weighted by Crippen LogP contribution is -2.54. The van der Waals surface area contributed by atoms with Crippen LogP contribution < -0.4 is 5.32 Å². The Kier molecular flexibility index (Phi) is 7.49. The van der Waals surface area contributed by atoms with E-state index in [-0.39, 0.29) is 17.7 Å². The van der Waals surface area contributed by atoms with Crippen LogP contribution in [-0.4, -0.2) is 94.0 Å². The van der Waals surface area contributed by atoms with Crippen LogP contribution in [0, 0.1) is 5.92 Å². The lowest BCUT2D eigenvalue weighted by atomic mass is 9.96. The van der Waals surface area contributed by atoms with Gasteiger partial charge >= 0.3 is 0 Å². The SMILES string of the molecule is CCCS(=O)(=O)N1CCCC1C(=O)NCC(C1CCOC1)N1CCOCC1. The molecular weight excluding hydrogens is 370 g/mol. The van der Waals surface area contributed by atoms with Gasteiger partial charge in [-0.3, -0.25) is 9.69 Å². The molecule has 0 aromatic heterocycles. The van der Waals surface area contributed by atoms with Crippen molar-refractivity contribution in [3.05, 3.63) is 0 Å². The first-order valence-corrected chi connectivity index (χ1v) is 11.8. The van der Waals surface area contributed by atoms with Gasteiger partial charge in [-0.1, -0.05) is 6.92 Å². The van der Waals surface area contributed by atoms with Crippen molar-refractivity contribution in [2.45, 2.75) is 44.7 Å². The van der Waals surface area contributed by atoms with Crippen molar-refractivity contribution in [2.24, 2.45) is 5.92 Å². The number of carbonyl (C=O) groups is 1. The molecule has 0 saturated carbocycles. The van der Waals surface area contributed by atoms with Gasteiger partial charge in [0.2, 0.25) is 15.9 Å². The molecule has 0 aromatic rings. The first-order chi connectivity index (χ1) is 13.0. The van der Waals surface area contributed by atoms with Crippen molar-refractivity contribution in [2.75, 3.05) is 58.4 Å². The third-order valence-corrected chi connectivity index (χ3v) is 7.91. The molecule has 0 aromatic carbocycles. The zero-order valence-electron chi connectivity index (χ0n) is 16.3. The third-order valence-electron chi connectivity index (χ3n) is 5.83. The van der Waals surface area contributed by atoms with Crippen LogP contribution in [-0.2, 0) is 24.3 Å². The highest BCUT2D eigenvalue weighted by Gasteiger charge is 2.39. The molecule has 3 unspecified atom stereocenters. The highest BCUT2D eigenvalue weighted by atomic mass is 32.2. The number of hydrogen-bond acceptors (Lipinski definition) is 6. The van der Waals surface area contributed by atoms with Crippen molar-refractivity contribution >= 4 is 15.9 Å². The van der Waals surface area contributed by atoms with Gasteiger partial charge in [-0.25, -0.2) is 8.42 Å². The maximum absolute atomic E-state index is 12.8. The summed E-state index contributed by atoms with van der Waals surface area (Å²) >= 11 is 0. The summed E-state index contributed by atoms with van der Waals surface area (Å²) in [7, 11) is -3.35. The average Bonchev–Trinajstić information content (AvgIpc) is 3.35. The second-order valence-electron chi connectivity index (χ2n) is 7.67. The molecule has 8 nitrogen and oxygen atoms in total. The Morgan fingerprint density at radius 1 is 1.15 bits per heavy atom. The Morgan fingerprint density at radius 3 is 2.59 bits per heavy atom. The van der Waals surface area contributed by atoms with Crippen LogP contribution in [0.1, 0.15) is 32.6 Å². The zero-order chi connectivity index (χ0) is 19.3. The van der Waals surface area contributed by atoms with E-state index < -0.39 is 16.1 Å². The number of nitrogens with one attached hydrogen (secondary N) is 1. The number of morpholine rings is 1. The Morgan fingerprint density at radius 2 is 1.93 bits per heavy atom. The van der Waals surface area contributed by atoms with Crippen LogP contribution in [0.2, 0.25) is 0 Å². The first-order valence-electron chi connectivity index (χ1n) is 10.2. The fourth-order valence-electron chi connectivity index (χ4n) is 4.39. The number of sulfonamides is 1. The fourth-order valence-corrected chi connectivity index (χ4v) is 6.14. The molecule has 3 aliphatic heterocycles. The van der Waals surface area contributed by atoms with Gasteiger partial charge in [0.15, 0.2) is 0 Å². The summed E-state index contributed by atoms with van der Waals surface area (Å²) in [6.07, 6.45) is 2.90. The van der Waals surface area contributed by atoms with Crippen LogP contribution in [0.5, 0.6) is 0 Å². The minimum atomic E-state index is -3.35. The highest BCUT2D eigenvalue weighted by Crippen LogP contribution is 2.24. The van der Waals surface area contributed by atoms with Gasteiger partial charge in [0, 0.05) is 44.7 Å². The molecule has 3 heterocycles. The molecule has 3 rings (SSSR count). The van der Waals surface area contributed by atoms with Crippen molar-refractivity contribution < 1.29 is 22.7 Å². The van der Waals surface area contributed by atoms with E-state index in [0.717, 1.165) is 39.1 Å². The molecule has 9 heteroatoms. The first kappa shape index (κ1) is 21.0. The van der Waals surface area contributed by atoms with Crippen LogP contribution >= 0.6 is 0 Å². The average molecular weight is 404 g/mol. The standard InChI is InChI=1S/C18H33N3O5S/c1-2-12-27(23,24)21-6-3-4-16(21)18(22)19-13-17(15-5-9-26-14-15)20-7-10-25-11-8-20/h15-17H,2-14H2,1H3,(H,19,22). The second kappa shape index (κ2) is 9.65. The molecule has 1 N–H and O–H groups in total. The fraction of sp³-hybridized carbons (Fsp3) is 0.944. The number of amides is 1. The van der Waals surface area contributed by atoms with E-state index >= 15 is 0 Å². The Bertz CT molecular complexity index is 588. The van der Waals surface area contributed by atoms with E-state index in [0.29, 0.717) is 45.1 Å². The minimum absolute atomic E-state index is 0.104. The summed E-state index contributed by atoms with van der Waals surface area (Å²) in [5.74, 6) is 0.336. The lowest BCUT2D eigenvalue weighted by molar-refractivity contribution is -0.124. The van der Waals surface area contributed by atoms with Gasteiger partial charge in [0.25, 0.3) is 0 Å². The second-order valence-corrected chi connectivity index (χ2v) is 9.71. The van der Waals surface area contributed by atoms with Gasteiger partial charge < -0.3 is 14.8 Å². The van der Waals surface area contributed by atoms with Gasteiger partial charge in [-0.15, -0.1) is 0 Å². The van der Waals surface area contributed by atoms with E-state index in [9.17, 15) is 13.2 Å². The van der Waals surface area contributed by atoms with E-state index in [4.69, 9.17) is 9.47 Å². The largest absolute Gasteiger partial charge is 0.381 e. The normalized spacial score (nSPS) is 29.1. The van der Waals surface area contributed by atoms with Crippen LogP contribution in [0.25, 0.3) is 0 Å². The molecule has 156 valence electrons. The monoisotopic (exact) mass is 403 g/mol. The van der Waals surface area contributed by atoms with Gasteiger partial charge in [-0.05, 0) is 25.7 Å². The molecule has 27 heavy (non-hydrogen) atoms. The van der Waals surface area contributed by atoms with Crippen molar-refractivity contribution in [1.82, 2.24) is 14.5 Å². The molecule has 3 atom stereocenters. The van der Waals surface area contributed by atoms with E-state index in [2.05, 4.69) is 10.2 Å². The maximum atomic E-state index is 12.8. The summed E-state index contributed by atoms with van der Waals surface area (Å²) < 4.78 is 37.3. The van der Waals surface area contributed by atoms with Gasteiger partial charge in [0.05, 0.1) is 25.6 Å². The van der Waals surface area contributed by atoms with Crippen molar-refractivity contribution in [3.8, 4) is 0 Å². The predicted molar refractivity (Wildman–Crippen MR) is 102 cm³/mol. The summed E-state index contributed by atoms with van der Waals surface area (Å²) in [5, 5.41) is 3.06. The Labute approximate surface area is 162 Å². The molecule has 3 aliphatic rings. The quantitative estimate of drug-likeness (QED) is 0.616. The number of hydrogen-bond donors (Lipinski definition) is 1. The third kappa shape index (κ3) is 5.20. The van der Waals surface area contributed by atoms with Crippen LogP contribution in [0.4, 0.5) is 0 Å². The van der Waals surface area contributed by atoms with Gasteiger partial charge in [0.1, 0.15) is 6.04 Å².